The van der Waals surface area contributed by atoms with Crippen molar-refractivity contribution in [1.29, 1.82) is 0 Å². The van der Waals surface area contributed by atoms with Crippen molar-refractivity contribution in [3.8, 4) is 5.95 Å². The van der Waals surface area contributed by atoms with Crippen LogP contribution in [0, 0.1) is 6.92 Å². The second-order valence-electron chi connectivity index (χ2n) is 3.41. The van der Waals surface area contributed by atoms with Gasteiger partial charge in [0.2, 0.25) is 5.95 Å². The average Bonchev–Trinajstić information content (AvgIpc) is 2.71. The first-order valence-corrected chi connectivity index (χ1v) is 4.90. The van der Waals surface area contributed by atoms with Crippen LogP contribution in [0.3, 0.4) is 0 Å². The van der Waals surface area contributed by atoms with E-state index in [9.17, 15) is 8.78 Å². The van der Waals surface area contributed by atoms with E-state index in [1.54, 1.807) is 6.08 Å². The van der Waals surface area contributed by atoms with Crippen molar-refractivity contribution in [3.63, 3.8) is 0 Å². The Bertz CT molecular complexity index is 531. The van der Waals surface area contributed by atoms with E-state index in [4.69, 9.17) is 0 Å². The molecule has 0 atom stereocenters. The minimum atomic E-state index is -2.61. The van der Waals surface area contributed by atoms with Gasteiger partial charge in [0.25, 0.3) is 6.43 Å². The van der Waals surface area contributed by atoms with Crippen molar-refractivity contribution in [2.45, 2.75) is 13.3 Å². The molecular weight excluding hydrogens is 226 g/mol. The maximum atomic E-state index is 12.8. The lowest BCUT2D eigenvalue weighted by atomic mass is 10.3. The van der Waals surface area contributed by atoms with Crippen molar-refractivity contribution < 1.29 is 8.78 Å². The van der Waals surface area contributed by atoms with E-state index in [1.807, 2.05) is 0 Å². The van der Waals surface area contributed by atoms with Gasteiger partial charge in [-0.15, -0.1) is 0 Å². The minimum Gasteiger partial charge on any atom is -0.265 e. The summed E-state index contributed by atoms with van der Waals surface area (Å²) in [5.74, 6) is 0.173. The molecular formula is C11H10F2N4. The molecule has 0 unspecified atom stereocenters. The molecule has 0 saturated heterocycles. The molecule has 0 fully saturated rings. The predicted molar refractivity (Wildman–Crippen MR) is 58.9 cm³/mol. The molecule has 0 saturated carbocycles. The second kappa shape index (κ2) is 4.40. The van der Waals surface area contributed by atoms with Gasteiger partial charge in [-0.3, -0.25) is 4.57 Å². The molecule has 2 aromatic heterocycles. The molecule has 4 nitrogen and oxygen atoms in total. The number of imidazole rings is 1. The van der Waals surface area contributed by atoms with Gasteiger partial charge in [0.15, 0.2) is 0 Å². The first-order valence-electron chi connectivity index (χ1n) is 4.90. The number of nitrogens with zero attached hydrogens (tertiary/aromatic N) is 4. The summed E-state index contributed by atoms with van der Waals surface area (Å²) in [5.41, 5.74) is 0.817. The van der Waals surface area contributed by atoms with E-state index in [0.717, 1.165) is 5.56 Å². The Labute approximate surface area is 96.7 Å². The molecule has 0 bridgehead atoms. The first kappa shape index (κ1) is 11.4. The van der Waals surface area contributed by atoms with Crippen molar-refractivity contribution in [1.82, 2.24) is 19.5 Å². The summed E-state index contributed by atoms with van der Waals surface area (Å²) in [6, 6.07) is 0. The first-order chi connectivity index (χ1) is 8.13. The SMILES string of the molecule is C=Cc1cnc(-n2cnc(C)c2C(F)F)nc1. The second-order valence-corrected chi connectivity index (χ2v) is 3.41. The summed E-state index contributed by atoms with van der Waals surface area (Å²) in [4.78, 5) is 11.8. The summed E-state index contributed by atoms with van der Waals surface area (Å²) >= 11 is 0. The summed E-state index contributed by atoms with van der Waals surface area (Å²) in [5, 5.41) is 0. The highest BCUT2D eigenvalue weighted by atomic mass is 19.3. The van der Waals surface area contributed by atoms with E-state index in [0.29, 0.717) is 0 Å². The van der Waals surface area contributed by atoms with Crippen LogP contribution in [0.25, 0.3) is 12.0 Å². The fourth-order valence-corrected chi connectivity index (χ4v) is 1.43. The average molecular weight is 236 g/mol. The van der Waals surface area contributed by atoms with Gasteiger partial charge < -0.3 is 0 Å². The lowest BCUT2D eigenvalue weighted by Crippen LogP contribution is -2.05. The zero-order chi connectivity index (χ0) is 12.4. The highest BCUT2D eigenvalue weighted by Crippen LogP contribution is 2.23. The number of aryl methyl sites for hydroxylation is 1. The van der Waals surface area contributed by atoms with E-state index in [-0.39, 0.29) is 17.3 Å². The molecule has 0 N–H and O–H groups in total. The fourth-order valence-electron chi connectivity index (χ4n) is 1.43. The third kappa shape index (κ3) is 2.06. The van der Waals surface area contributed by atoms with Crippen LogP contribution >= 0.6 is 0 Å². The molecule has 0 radical (unpaired) electrons. The Hall–Kier alpha value is -2.11. The largest absolute Gasteiger partial charge is 0.280 e. The van der Waals surface area contributed by atoms with Crippen LogP contribution in [0.5, 0.6) is 0 Å². The van der Waals surface area contributed by atoms with Gasteiger partial charge in [0.1, 0.15) is 12.0 Å². The molecule has 0 aromatic carbocycles. The molecule has 2 rings (SSSR count). The van der Waals surface area contributed by atoms with Gasteiger partial charge in [-0.1, -0.05) is 12.7 Å². The van der Waals surface area contributed by atoms with Crippen LogP contribution in [0.4, 0.5) is 8.78 Å². The predicted octanol–water partition coefficient (Wildman–Crippen LogP) is 2.55. The van der Waals surface area contributed by atoms with E-state index in [1.165, 1.54) is 30.2 Å². The van der Waals surface area contributed by atoms with E-state index in [2.05, 4.69) is 21.5 Å². The molecule has 2 heterocycles. The van der Waals surface area contributed by atoms with Crippen molar-refractivity contribution >= 4 is 6.08 Å². The van der Waals surface area contributed by atoms with Crippen molar-refractivity contribution in [2.24, 2.45) is 0 Å². The topological polar surface area (TPSA) is 43.6 Å². The quantitative estimate of drug-likeness (QED) is 0.822. The number of hydrogen-bond donors (Lipinski definition) is 0. The van der Waals surface area contributed by atoms with Gasteiger partial charge in [-0.05, 0) is 6.92 Å². The zero-order valence-electron chi connectivity index (χ0n) is 9.14. The molecule has 0 aliphatic carbocycles. The van der Waals surface area contributed by atoms with Crippen molar-refractivity contribution in [3.05, 3.63) is 42.3 Å². The Morgan fingerprint density at radius 2 is 1.94 bits per heavy atom. The highest BCUT2D eigenvalue weighted by molar-refractivity contribution is 5.44. The minimum absolute atomic E-state index is 0.173. The third-order valence-corrected chi connectivity index (χ3v) is 2.31. The molecule has 2 aromatic rings. The third-order valence-electron chi connectivity index (χ3n) is 2.31. The number of hydrogen-bond acceptors (Lipinski definition) is 3. The molecule has 6 heteroatoms. The Kier molecular flexibility index (Phi) is 2.95. The molecule has 0 amide bonds. The van der Waals surface area contributed by atoms with Crippen LogP contribution in [-0.2, 0) is 0 Å². The summed E-state index contributed by atoms with van der Waals surface area (Å²) < 4.78 is 26.8. The normalized spacial score (nSPS) is 10.8. The highest BCUT2D eigenvalue weighted by Gasteiger charge is 2.19. The van der Waals surface area contributed by atoms with Gasteiger partial charge >= 0.3 is 0 Å². The van der Waals surface area contributed by atoms with Gasteiger partial charge in [-0.25, -0.2) is 23.7 Å². The smallest absolute Gasteiger partial charge is 0.265 e. The Balaban J connectivity index is 2.48. The summed E-state index contributed by atoms with van der Waals surface area (Å²) in [6.07, 6.45) is 3.29. The number of rotatable bonds is 3. The lowest BCUT2D eigenvalue weighted by Gasteiger charge is -2.06. The van der Waals surface area contributed by atoms with Gasteiger partial charge in [0, 0.05) is 18.0 Å². The standard InChI is InChI=1S/C11H10F2N4/c1-3-8-4-14-11(15-5-8)17-6-16-7(2)9(17)10(12)13/h3-6,10H,1H2,2H3. The molecule has 0 spiro atoms. The number of aromatic nitrogens is 4. The van der Waals surface area contributed by atoms with Crippen LogP contribution in [0.15, 0.2) is 25.3 Å². The molecule has 0 aliphatic rings. The summed E-state index contributed by atoms with van der Waals surface area (Å²) in [7, 11) is 0. The van der Waals surface area contributed by atoms with Crippen LogP contribution in [0.2, 0.25) is 0 Å². The van der Waals surface area contributed by atoms with E-state index < -0.39 is 6.43 Å². The Morgan fingerprint density at radius 1 is 1.29 bits per heavy atom. The van der Waals surface area contributed by atoms with Crippen LogP contribution in [0.1, 0.15) is 23.4 Å². The number of halogens is 2. The lowest BCUT2D eigenvalue weighted by molar-refractivity contribution is 0.143. The summed E-state index contributed by atoms with van der Waals surface area (Å²) in [6.45, 7) is 5.09. The maximum Gasteiger partial charge on any atom is 0.280 e. The Morgan fingerprint density at radius 3 is 2.47 bits per heavy atom. The van der Waals surface area contributed by atoms with Crippen LogP contribution in [-0.4, -0.2) is 19.5 Å². The fraction of sp³-hybridized carbons (Fsp3) is 0.182. The van der Waals surface area contributed by atoms with Crippen molar-refractivity contribution in [2.75, 3.05) is 0 Å². The number of alkyl halides is 2. The molecule has 88 valence electrons. The van der Waals surface area contributed by atoms with Gasteiger partial charge in [0.05, 0.1) is 5.69 Å². The van der Waals surface area contributed by atoms with Crippen LogP contribution < -0.4 is 0 Å². The van der Waals surface area contributed by atoms with Gasteiger partial charge in [-0.2, -0.15) is 0 Å². The zero-order valence-corrected chi connectivity index (χ0v) is 9.14. The molecule has 17 heavy (non-hydrogen) atoms. The van der Waals surface area contributed by atoms with E-state index >= 15 is 0 Å². The maximum absolute atomic E-state index is 12.8. The molecule has 0 aliphatic heterocycles. The monoisotopic (exact) mass is 236 g/mol.